The minimum atomic E-state index is -2.24. The van der Waals surface area contributed by atoms with E-state index >= 15 is 4.79 Å². The number of esters is 1. The summed E-state index contributed by atoms with van der Waals surface area (Å²) < 4.78 is 92.1. The lowest BCUT2D eigenvalue weighted by Gasteiger charge is -2.71. The molecule has 0 aromatic rings. The Morgan fingerprint density at radius 1 is 0.537 bits per heavy atom. The maximum atomic E-state index is 16.5. The summed E-state index contributed by atoms with van der Waals surface area (Å²) >= 11 is 0. The minimum Gasteiger partial charge on any atom is -0.479 e. The normalized spacial score (nSPS) is 52.9. The summed E-state index contributed by atoms with van der Waals surface area (Å²) in [6, 6.07) is -1.60. The summed E-state index contributed by atoms with van der Waals surface area (Å²) in [5.74, 6) is -0.133. The van der Waals surface area contributed by atoms with Crippen LogP contribution in [0.5, 0.6) is 0 Å². The highest BCUT2D eigenvalue weighted by Gasteiger charge is 2.74. The Morgan fingerprint density at radius 3 is 1.85 bits per heavy atom. The van der Waals surface area contributed by atoms with Crippen molar-refractivity contribution in [1.29, 1.82) is 0 Å². The molecule has 9 aliphatic carbocycles. The van der Waals surface area contributed by atoms with Crippen LogP contribution in [-0.4, -0.2) is 369 Å². The van der Waals surface area contributed by atoms with E-state index in [2.05, 4.69) is 80.6 Å². The fourth-order valence-corrected chi connectivity index (χ4v) is 29.9. The second-order valence-electron chi connectivity index (χ2n) is 46.4. The molecule has 0 aromatic carbocycles. The van der Waals surface area contributed by atoms with Crippen molar-refractivity contribution >= 4 is 24.3 Å². The van der Waals surface area contributed by atoms with Crippen molar-refractivity contribution in [3.05, 3.63) is 11.6 Å². The van der Waals surface area contributed by atoms with E-state index in [1.807, 2.05) is 0 Å². The molecule has 1 amide bonds. The van der Waals surface area contributed by atoms with Crippen LogP contribution >= 0.6 is 0 Å². The van der Waals surface area contributed by atoms with E-state index in [1.54, 1.807) is 6.92 Å². The maximum absolute atomic E-state index is 16.5. The second kappa shape index (κ2) is 40.0. The standard InChI is InChI=1S/C97H155NO38/c1-42(2)14-13-15-43(3)48-18-19-49-47-17-16-45-32-46(22-26-90(45,7)50(47)23-27-91(48,49)8)126-88(120)98-61-55(35-99)127-84(76(64(61)108)134-82-69(113)66(110)72(44(4)125-82)130-81-71(115)73(54(104)38-123-81)131-86-78(116)96(121,40-102)41-124-86)136-87(119)97-31-30-89(5,6)33-52(97)51-20-21-58-92(9)28-25-60(93(10,39-101)57(92)24-29-94(58,11)95(51,12)34-59(97)105)129-85-77(135-83-68(112)65(109)63(107)56(36-100)128-83)74(70(114)75(133-85)79(117)118)132-80-67(111)62(106)53(103)37-122-80/h20,39,42-50,52-78,80-86,99-100,102-116,121H,13-19,21-38,40-41H2,1-12H3,(H,98,120)(H,117,118)/t43-,44?,45+,46+,47+,48-,49+,50+,52?,53-,54-,55-,56?,57-,58?,59?,60+,61+,62+,63+,64?,65+,66?,67?,68?,69?,70+,71?,72+,73?,74+,75?,76?,77?,78?,80+,81+,82+,83+,84+,85-,86+,90+,91-,92?,93-,94+,95-,96+,97-/m1/s1. The van der Waals surface area contributed by atoms with Crippen molar-refractivity contribution in [1.82, 2.24) is 5.32 Å². The van der Waals surface area contributed by atoms with Crippen LogP contribution in [0.15, 0.2) is 11.6 Å². The summed E-state index contributed by atoms with van der Waals surface area (Å²) in [6.07, 6.45) is -40.4. The molecule has 7 aliphatic heterocycles. The zero-order valence-electron chi connectivity index (χ0n) is 80.3. The van der Waals surface area contributed by atoms with Crippen molar-refractivity contribution in [3.63, 3.8) is 0 Å². The van der Waals surface area contributed by atoms with Gasteiger partial charge >= 0.3 is 18.0 Å². The monoisotopic (exact) mass is 1940 g/mol. The van der Waals surface area contributed by atoms with Crippen LogP contribution in [-0.2, 0) is 85.4 Å². The van der Waals surface area contributed by atoms with Crippen LogP contribution in [0.1, 0.15) is 218 Å². The number of fused-ring (bicyclic) bond motifs is 12. The lowest BCUT2D eigenvalue weighted by Crippen LogP contribution is -2.70. The number of aldehydes is 1. The molecule has 16 aliphatic rings. The van der Waals surface area contributed by atoms with Crippen molar-refractivity contribution in [2.24, 2.45) is 102 Å². The maximum Gasteiger partial charge on any atom is 0.407 e. The van der Waals surface area contributed by atoms with Crippen LogP contribution in [0, 0.1) is 102 Å². The molecule has 0 aromatic heterocycles. The first kappa shape index (κ1) is 105. The predicted octanol–water partition coefficient (Wildman–Crippen LogP) is 0.850. The summed E-state index contributed by atoms with van der Waals surface area (Å²) in [5.41, 5.74) is -7.05. The number of hydrogen-bond acceptors (Lipinski definition) is 37. The Kier molecular flexibility index (Phi) is 30.9. The van der Waals surface area contributed by atoms with Crippen LogP contribution in [0.4, 0.5) is 4.79 Å². The number of amides is 1. The van der Waals surface area contributed by atoms with E-state index in [0.29, 0.717) is 92.3 Å². The number of rotatable bonds is 26. The molecule has 0 bridgehead atoms. The summed E-state index contributed by atoms with van der Waals surface area (Å²) in [6.45, 7) is 21.3. The third-order valence-electron chi connectivity index (χ3n) is 38.0. The third-order valence-corrected chi connectivity index (χ3v) is 38.0. The number of alkyl carbamates (subject to hydrolysis) is 1. The fraction of sp³-hybridized carbons (Fsp3) is 0.938. The van der Waals surface area contributed by atoms with Gasteiger partial charge in [-0.2, -0.15) is 0 Å². The Hall–Kier alpha value is -3.62. The van der Waals surface area contributed by atoms with Gasteiger partial charge < -0.3 is 178 Å². The minimum absolute atomic E-state index is 0.0140. The molecule has 0 spiro atoms. The molecule has 15 fully saturated rings. The molecule has 39 heteroatoms. The van der Waals surface area contributed by atoms with Crippen molar-refractivity contribution in [2.45, 2.75) is 426 Å². The SMILES string of the molecule is CC(C)CCC[C@@H](C)[C@H]1CC[C@H]2[C@@H]3CC[C@H]4C[C@@H](OC(=O)N[C@@H]5C(O)C(O[C@@H]6OC(C)[C@H](O[C@@H]7OC[C@@H](O)C(O[C@@H]8OC[C@@](O)(CO)C8O)C7O)C(O)C6O)[C@H](OC(=O)[C@]67CCC(C)(C)CC6C6=CCC8C9(C)CC[C@H](O[C@@H]%10OC(C(=O)O)[C@@H](O)[C@H](O[C@@H]%11OC[C@@H](O)[C@H](O)C%11O)C%10O[C@@H]%10OC(CO)[C@H](O)[C@H](O)C%10O)[C@](C)(C=O)[C@@H]9CC[C@]8(C)[C@]6(C)CC7O)O[C@@H]5CO)CC[C@]4(C)[C@H]3CC[C@]12C. The topological polar surface area (TPSA) is 603 Å². The predicted molar refractivity (Wildman–Crippen MR) is 468 cm³/mol. The quantitative estimate of drug-likeness (QED) is 0.0247. The van der Waals surface area contributed by atoms with Gasteiger partial charge in [-0.25, -0.2) is 9.59 Å². The van der Waals surface area contributed by atoms with E-state index in [0.717, 1.165) is 31.1 Å². The number of aliphatic carboxylic acids is 1. The zero-order chi connectivity index (χ0) is 98.5. The van der Waals surface area contributed by atoms with E-state index in [-0.39, 0.29) is 36.5 Å². The van der Waals surface area contributed by atoms with Gasteiger partial charge in [0.15, 0.2) is 49.9 Å². The molecule has 136 heavy (non-hydrogen) atoms. The first-order chi connectivity index (χ1) is 64.0. The van der Waals surface area contributed by atoms with Crippen LogP contribution < -0.4 is 5.32 Å². The first-order valence-electron chi connectivity index (χ1n) is 50.1. The Morgan fingerprint density at radius 2 is 1.17 bits per heavy atom. The summed E-state index contributed by atoms with van der Waals surface area (Å²) in [5, 5.41) is 218. The molecular formula is C97H155NO38. The highest BCUT2D eigenvalue weighted by molar-refractivity contribution is 5.80. The number of ether oxygens (including phenoxy) is 15. The molecule has 17 unspecified atom stereocenters. The second-order valence-corrected chi connectivity index (χ2v) is 46.4. The zero-order valence-corrected chi connectivity index (χ0v) is 80.3. The van der Waals surface area contributed by atoms with Crippen molar-refractivity contribution < 1.29 is 187 Å². The number of nitrogens with one attached hydrogen (secondary N) is 1. The molecular weight excluding hydrogens is 1790 g/mol. The number of carbonyl (C=O) groups is 4. The van der Waals surface area contributed by atoms with Crippen molar-refractivity contribution in [2.75, 3.05) is 39.6 Å². The first-order valence-corrected chi connectivity index (χ1v) is 50.1. The van der Waals surface area contributed by atoms with Crippen LogP contribution in [0.3, 0.4) is 0 Å². The van der Waals surface area contributed by atoms with Gasteiger partial charge in [0.25, 0.3) is 0 Å². The molecule has 0 radical (unpaired) electrons. The Labute approximate surface area is 793 Å². The third kappa shape index (κ3) is 18.3. The Balaban J connectivity index is 0.651. The van der Waals surface area contributed by atoms with Crippen molar-refractivity contribution in [3.8, 4) is 0 Å². The van der Waals surface area contributed by atoms with Gasteiger partial charge in [-0.1, -0.05) is 107 Å². The molecule has 7 saturated heterocycles. The molecule has 7 heterocycles. The van der Waals surface area contributed by atoms with E-state index in [1.165, 1.54) is 51.9 Å². The highest BCUT2D eigenvalue weighted by Crippen LogP contribution is 2.77. The van der Waals surface area contributed by atoms with Crippen LogP contribution in [0.25, 0.3) is 0 Å². The fourth-order valence-electron chi connectivity index (χ4n) is 29.9. The summed E-state index contributed by atoms with van der Waals surface area (Å²) in [4.78, 5) is 58.9. The largest absolute Gasteiger partial charge is 0.479 e. The van der Waals surface area contributed by atoms with Gasteiger partial charge in [0.05, 0.1) is 69.4 Å². The van der Waals surface area contributed by atoms with Gasteiger partial charge in [0.2, 0.25) is 6.29 Å². The molecule has 776 valence electrons. The average molecular weight is 1940 g/mol. The van der Waals surface area contributed by atoms with E-state index in [9.17, 15) is 111 Å². The number of carboxylic acid groups (broad SMARTS) is 1. The lowest BCUT2D eigenvalue weighted by molar-refractivity contribution is -0.391. The Bertz CT molecular complexity index is 4170. The van der Waals surface area contributed by atoms with E-state index in [4.69, 9.17) is 71.1 Å². The van der Waals surface area contributed by atoms with Gasteiger partial charge in [0, 0.05) is 0 Å². The van der Waals surface area contributed by atoms with Gasteiger partial charge in [-0.05, 0) is 214 Å². The van der Waals surface area contributed by atoms with E-state index < -0.39 is 310 Å². The van der Waals surface area contributed by atoms with Crippen LogP contribution in [0.2, 0.25) is 0 Å². The smallest absolute Gasteiger partial charge is 0.407 e. The van der Waals surface area contributed by atoms with Gasteiger partial charge in [0.1, 0.15) is 139 Å². The highest BCUT2D eigenvalue weighted by atomic mass is 16.8. The molecule has 8 saturated carbocycles. The number of aliphatic hydroxyl groups excluding tert-OH is 17. The average Bonchev–Trinajstić information content (AvgIpc) is 1.67. The number of hydrogen-bond donors (Lipinski definition) is 20. The molecule has 20 N–H and O–H groups in total. The molecule has 39 nitrogen and oxygen atoms in total. The van der Waals surface area contributed by atoms with Gasteiger partial charge in [-0.3, -0.25) is 4.79 Å². The summed E-state index contributed by atoms with van der Waals surface area (Å²) in [7, 11) is 0. The molecule has 16 rings (SSSR count). The lowest BCUT2D eigenvalue weighted by atomic mass is 9.33. The van der Waals surface area contributed by atoms with Gasteiger partial charge in [-0.15, -0.1) is 0 Å². The number of allylic oxidation sites excluding steroid dienone is 2. The number of aliphatic hydroxyl groups is 18. The molecule has 50 atom stereocenters. The number of carbonyl (C=O) groups excluding carboxylic acids is 3. The number of carboxylic acids is 1.